The van der Waals surface area contributed by atoms with Gasteiger partial charge in [0.2, 0.25) is 0 Å². The van der Waals surface area contributed by atoms with E-state index in [-0.39, 0.29) is 17.8 Å². The Morgan fingerprint density at radius 1 is 0.750 bits per heavy atom. The van der Waals surface area contributed by atoms with Crippen LogP contribution in [0.4, 0.5) is 11.4 Å². The minimum atomic E-state index is -0.372. The minimum absolute atomic E-state index is 0.155. The first-order valence-corrected chi connectivity index (χ1v) is 8.72. The van der Waals surface area contributed by atoms with Crippen molar-refractivity contribution in [2.24, 2.45) is 0 Å². The molecule has 28 heavy (non-hydrogen) atoms. The third-order valence-corrected chi connectivity index (χ3v) is 4.07. The molecule has 0 atom stereocenters. The van der Waals surface area contributed by atoms with E-state index in [9.17, 15) is 9.59 Å². The number of rotatable bonds is 4. The second kappa shape index (κ2) is 8.64. The van der Waals surface area contributed by atoms with Gasteiger partial charge in [-0.15, -0.1) is 0 Å². The van der Waals surface area contributed by atoms with Crippen molar-refractivity contribution in [1.29, 1.82) is 5.41 Å². The Balaban J connectivity index is 1.66. The van der Waals surface area contributed by atoms with Crippen LogP contribution in [0.15, 0.2) is 78.9 Å². The van der Waals surface area contributed by atoms with Crippen molar-refractivity contribution < 1.29 is 9.59 Å². The van der Waals surface area contributed by atoms with Gasteiger partial charge in [-0.1, -0.05) is 42.5 Å². The molecule has 0 saturated heterocycles. The van der Waals surface area contributed by atoms with Gasteiger partial charge in [-0.2, -0.15) is 0 Å². The molecule has 3 rings (SSSR count). The van der Waals surface area contributed by atoms with Gasteiger partial charge < -0.3 is 10.6 Å². The zero-order valence-corrected chi connectivity index (χ0v) is 15.3. The summed E-state index contributed by atoms with van der Waals surface area (Å²) in [5.74, 6) is -0.742. The van der Waals surface area contributed by atoms with Gasteiger partial charge >= 0.3 is 0 Å². The number of aryl methyl sites for hydroxylation is 1. The Hall–Kier alpha value is -3.93. The highest BCUT2D eigenvalue weighted by atomic mass is 16.2. The van der Waals surface area contributed by atoms with E-state index in [1.54, 1.807) is 60.7 Å². The zero-order valence-electron chi connectivity index (χ0n) is 15.3. The number of anilines is 2. The normalized spacial score (nSPS) is 10.0. The molecule has 0 spiro atoms. The van der Waals surface area contributed by atoms with E-state index < -0.39 is 0 Å². The molecular formula is C22H20N4O2. The topological polar surface area (TPSA) is 94.1 Å². The predicted molar refractivity (Wildman–Crippen MR) is 111 cm³/mol. The lowest BCUT2D eigenvalue weighted by Gasteiger charge is -2.13. The Morgan fingerprint density at radius 2 is 1.32 bits per heavy atom. The van der Waals surface area contributed by atoms with Gasteiger partial charge in [-0.25, -0.2) is 0 Å². The number of carbonyl (C=O) groups excluding carboxylic acids is 2. The molecule has 0 aliphatic heterocycles. The van der Waals surface area contributed by atoms with Crippen LogP contribution in [0.1, 0.15) is 26.3 Å². The smallest absolute Gasteiger partial charge is 0.257 e. The standard InChI is InChI=1S/C22H20N4O2/c1-15-12-13-18(14-19(15)25-20(27)16-8-4-2-5-9-16)24-22(23)26-21(28)17-10-6-3-7-11-17/h2-14H,1H3,(H,25,27)(H3,23,24,26,28). The molecule has 0 unspecified atom stereocenters. The van der Waals surface area contributed by atoms with Gasteiger partial charge in [-0.3, -0.25) is 20.3 Å². The van der Waals surface area contributed by atoms with Crippen LogP contribution in [0.2, 0.25) is 0 Å². The fourth-order valence-corrected chi connectivity index (χ4v) is 2.57. The fraction of sp³-hybridized carbons (Fsp3) is 0.0455. The molecule has 0 bridgehead atoms. The van der Waals surface area contributed by atoms with Crippen molar-refractivity contribution in [3.8, 4) is 0 Å². The quantitative estimate of drug-likeness (QED) is 0.411. The summed E-state index contributed by atoms with van der Waals surface area (Å²) in [5, 5.41) is 16.2. The number of nitrogens with one attached hydrogen (secondary N) is 4. The lowest BCUT2D eigenvalue weighted by molar-refractivity contribution is 0.0975. The van der Waals surface area contributed by atoms with E-state index in [4.69, 9.17) is 5.41 Å². The highest BCUT2D eigenvalue weighted by Crippen LogP contribution is 2.21. The van der Waals surface area contributed by atoms with Crippen LogP contribution in [0, 0.1) is 12.3 Å². The summed E-state index contributed by atoms with van der Waals surface area (Å²) in [6.07, 6.45) is 0. The van der Waals surface area contributed by atoms with Crippen LogP contribution < -0.4 is 16.0 Å². The zero-order chi connectivity index (χ0) is 19.9. The average molecular weight is 372 g/mol. The van der Waals surface area contributed by atoms with Crippen LogP contribution in [-0.4, -0.2) is 17.8 Å². The third-order valence-electron chi connectivity index (χ3n) is 4.07. The first-order chi connectivity index (χ1) is 13.5. The van der Waals surface area contributed by atoms with E-state index >= 15 is 0 Å². The monoisotopic (exact) mass is 372 g/mol. The average Bonchev–Trinajstić information content (AvgIpc) is 2.71. The van der Waals surface area contributed by atoms with Crippen LogP contribution >= 0.6 is 0 Å². The number of guanidine groups is 1. The molecule has 0 fully saturated rings. The summed E-state index contributed by atoms with van der Waals surface area (Å²) >= 11 is 0. The highest BCUT2D eigenvalue weighted by Gasteiger charge is 2.10. The van der Waals surface area contributed by atoms with E-state index in [1.165, 1.54) is 0 Å². The summed E-state index contributed by atoms with van der Waals surface area (Å²) in [4.78, 5) is 24.5. The molecule has 6 nitrogen and oxygen atoms in total. The molecule has 140 valence electrons. The second-order valence-corrected chi connectivity index (χ2v) is 6.17. The first-order valence-electron chi connectivity index (χ1n) is 8.72. The van der Waals surface area contributed by atoms with Crippen LogP contribution in [0.25, 0.3) is 0 Å². The maximum Gasteiger partial charge on any atom is 0.257 e. The van der Waals surface area contributed by atoms with E-state index in [1.807, 2.05) is 25.1 Å². The Kier molecular flexibility index (Phi) is 5.81. The van der Waals surface area contributed by atoms with Crippen LogP contribution in [0.3, 0.4) is 0 Å². The summed E-state index contributed by atoms with van der Waals surface area (Å²) in [5.41, 5.74) is 3.11. The van der Waals surface area contributed by atoms with E-state index in [0.717, 1.165) is 5.56 Å². The molecule has 0 saturated carbocycles. The molecule has 2 amide bonds. The molecule has 3 aromatic rings. The molecular weight excluding hydrogens is 352 g/mol. The predicted octanol–water partition coefficient (Wildman–Crippen LogP) is 4.02. The van der Waals surface area contributed by atoms with Crippen molar-refractivity contribution in [2.75, 3.05) is 10.6 Å². The number of hydrogen-bond acceptors (Lipinski definition) is 3. The molecule has 6 heteroatoms. The van der Waals surface area contributed by atoms with Crippen molar-refractivity contribution >= 4 is 29.1 Å². The van der Waals surface area contributed by atoms with Crippen molar-refractivity contribution in [3.63, 3.8) is 0 Å². The SMILES string of the molecule is Cc1ccc(NC(=N)NC(=O)c2ccccc2)cc1NC(=O)c1ccccc1. The van der Waals surface area contributed by atoms with Crippen molar-refractivity contribution in [3.05, 3.63) is 95.6 Å². The second-order valence-electron chi connectivity index (χ2n) is 6.17. The summed E-state index contributed by atoms with van der Waals surface area (Å²) in [6, 6.07) is 22.9. The van der Waals surface area contributed by atoms with Gasteiger partial charge in [0.05, 0.1) is 0 Å². The number of hydrogen-bond donors (Lipinski definition) is 4. The van der Waals surface area contributed by atoms with E-state index in [2.05, 4.69) is 16.0 Å². The highest BCUT2D eigenvalue weighted by molar-refractivity contribution is 6.09. The number of amides is 2. The molecule has 0 aromatic heterocycles. The number of benzene rings is 3. The molecule has 3 aromatic carbocycles. The van der Waals surface area contributed by atoms with Gasteiger partial charge in [0.15, 0.2) is 5.96 Å². The molecule has 0 aliphatic carbocycles. The third kappa shape index (κ3) is 4.82. The van der Waals surface area contributed by atoms with Gasteiger partial charge in [0, 0.05) is 22.5 Å². The Morgan fingerprint density at radius 3 is 1.93 bits per heavy atom. The van der Waals surface area contributed by atoms with Gasteiger partial charge in [-0.05, 0) is 48.9 Å². The lowest BCUT2D eigenvalue weighted by Crippen LogP contribution is -2.35. The van der Waals surface area contributed by atoms with Gasteiger partial charge in [0.1, 0.15) is 0 Å². The Bertz CT molecular complexity index is 1000. The van der Waals surface area contributed by atoms with Crippen LogP contribution in [0.5, 0.6) is 0 Å². The lowest BCUT2D eigenvalue weighted by atomic mass is 10.1. The molecule has 4 N–H and O–H groups in total. The van der Waals surface area contributed by atoms with Crippen LogP contribution in [-0.2, 0) is 0 Å². The van der Waals surface area contributed by atoms with Crippen molar-refractivity contribution in [2.45, 2.75) is 6.92 Å². The number of carbonyl (C=O) groups is 2. The fourth-order valence-electron chi connectivity index (χ4n) is 2.57. The largest absolute Gasteiger partial charge is 0.326 e. The summed E-state index contributed by atoms with van der Waals surface area (Å²) in [6.45, 7) is 1.88. The summed E-state index contributed by atoms with van der Waals surface area (Å²) < 4.78 is 0. The Labute approximate surface area is 163 Å². The first kappa shape index (κ1) is 18.8. The molecule has 0 radical (unpaired) electrons. The van der Waals surface area contributed by atoms with E-state index in [0.29, 0.717) is 22.5 Å². The van der Waals surface area contributed by atoms with Gasteiger partial charge in [0.25, 0.3) is 11.8 Å². The molecule has 0 heterocycles. The maximum atomic E-state index is 12.4. The maximum absolute atomic E-state index is 12.4. The summed E-state index contributed by atoms with van der Waals surface area (Å²) in [7, 11) is 0. The molecule has 0 aliphatic rings. The minimum Gasteiger partial charge on any atom is -0.326 e. The van der Waals surface area contributed by atoms with Crippen molar-refractivity contribution in [1.82, 2.24) is 5.32 Å².